The van der Waals surface area contributed by atoms with Crippen LogP contribution in [-0.2, 0) is 32.7 Å². The molecule has 0 rings (SSSR count). The number of allylic oxidation sites excluding steroid dienone is 6. The number of carboxylic acid groups (broad SMARTS) is 1. The number of carbonyl (C=O) groups is 2. The van der Waals surface area contributed by atoms with E-state index < -0.39 is 45.1 Å². The molecule has 3 unspecified atom stereocenters. The van der Waals surface area contributed by atoms with Crippen molar-refractivity contribution >= 4 is 19.8 Å². The highest BCUT2D eigenvalue weighted by molar-refractivity contribution is 7.47. The van der Waals surface area contributed by atoms with Gasteiger partial charge in [-0.2, -0.15) is 0 Å². The van der Waals surface area contributed by atoms with Gasteiger partial charge in [0.15, 0.2) is 0 Å². The summed E-state index contributed by atoms with van der Waals surface area (Å²) in [5, 5.41) is 8.90. The predicted molar refractivity (Wildman–Crippen MR) is 240 cm³/mol. The Hall–Kier alpha value is -1.81. The average Bonchev–Trinajstić information content (AvgIpc) is 3.20. The maximum atomic E-state index is 12.6. The van der Waals surface area contributed by atoms with Gasteiger partial charge in [-0.15, -0.1) is 0 Å². The van der Waals surface area contributed by atoms with E-state index in [0.717, 1.165) is 57.8 Å². The first-order valence-corrected chi connectivity index (χ1v) is 25.0. The SMILES string of the molecule is CCCCCCC/C=C\C/C=C\CCCCCCCCCCCCOCC(COP(=O)(O)OCC(N)C(=O)O)OC(=O)CCCCCCC/C=C\CCCCCCC. The lowest BCUT2D eigenvalue weighted by atomic mass is 10.1. The maximum absolute atomic E-state index is 12.6. The summed E-state index contributed by atoms with van der Waals surface area (Å²) in [5.41, 5.74) is 5.36. The number of hydrogen-bond donors (Lipinski definition) is 3. The number of carboxylic acids is 1. The highest BCUT2D eigenvalue weighted by Gasteiger charge is 2.27. The molecule has 0 bridgehead atoms. The fraction of sp³-hybridized carbons (Fsp3) is 0.830. The van der Waals surface area contributed by atoms with Gasteiger partial charge in [0.25, 0.3) is 0 Å². The standard InChI is InChI=1S/C47H88NO9P/c1-3-5-7-9-11-13-15-17-19-20-21-22-23-24-25-26-28-30-32-34-36-38-40-54-41-44(42-55-58(52,53)56-43-45(48)47(50)51)57-46(49)39-37-35-33-31-29-27-18-16-14-12-10-8-6-4-2/h15-18,20-21,44-45H,3-14,19,22-43,48H2,1-2H3,(H,50,51)(H,52,53)/b17-15-,18-16-,21-20-. The Labute approximate surface area is 355 Å². The van der Waals surface area contributed by atoms with Crippen LogP contribution >= 0.6 is 7.82 Å². The van der Waals surface area contributed by atoms with Crippen LogP contribution in [0.25, 0.3) is 0 Å². The van der Waals surface area contributed by atoms with Crippen molar-refractivity contribution in [3.8, 4) is 0 Å². The van der Waals surface area contributed by atoms with E-state index in [1.807, 2.05) is 0 Å². The van der Waals surface area contributed by atoms with Crippen molar-refractivity contribution in [3.63, 3.8) is 0 Å². The fourth-order valence-electron chi connectivity index (χ4n) is 6.45. The van der Waals surface area contributed by atoms with Gasteiger partial charge in [-0.1, -0.05) is 172 Å². The fourth-order valence-corrected chi connectivity index (χ4v) is 7.23. The van der Waals surface area contributed by atoms with Gasteiger partial charge in [0.05, 0.1) is 19.8 Å². The molecule has 0 fully saturated rings. The van der Waals surface area contributed by atoms with Crippen LogP contribution in [0.3, 0.4) is 0 Å². The van der Waals surface area contributed by atoms with E-state index in [1.165, 1.54) is 128 Å². The van der Waals surface area contributed by atoms with Gasteiger partial charge in [0, 0.05) is 13.0 Å². The zero-order valence-electron chi connectivity index (χ0n) is 37.1. The van der Waals surface area contributed by atoms with E-state index in [1.54, 1.807) is 0 Å². The summed E-state index contributed by atoms with van der Waals surface area (Å²) in [4.78, 5) is 33.6. The van der Waals surface area contributed by atoms with Crippen LogP contribution < -0.4 is 5.73 Å². The lowest BCUT2D eigenvalue weighted by Crippen LogP contribution is -2.34. The molecule has 0 radical (unpaired) electrons. The summed E-state index contributed by atoms with van der Waals surface area (Å²) in [6, 6.07) is -1.47. The molecule has 0 aromatic rings. The molecule has 0 aliphatic heterocycles. The minimum absolute atomic E-state index is 0.0126. The Bertz CT molecular complexity index is 1070. The van der Waals surface area contributed by atoms with Gasteiger partial charge < -0.3 is 25.2 Å². The Morgan fingerprint density at radius 2 is 0.948 bits per heavy atom. The van der Waals surface area contributed by atoms with Crippen molar-refractivity contribution in [2.75, 3.05) is 26.4 Å². The first-order valence-electron chi connectivity index (χ1n) is 23.5. The van der Waals surface area contributed by atoms with Crippen molar-refractivity contribution in [2.45, 2.75) is 225 Å². The molecule has 0 saturated carbocycles. The summed E-state index contributed by atoms with van der Waals surface area (Å²) >= 11 is 0. The number of nitrogens with two attached hydrogens (primary N) is 1. The molecule has 10 nitrogen and oxygen atoms in total. The molecule has 0 aliphatic rings. The molecular formula is C47H88NO9P. The van der Waals surface area contributed by atoms with Crippen LogP contribution in [0.15, 0.2) is 36.5 Å². The van der Waals surface area contributed by atoms with E-state index in [-0.39, 0.29) is 13.0 Å². The number of esters is 1. The van der Waals surface area contributed by atoms with Gasteiger partial charge >= 0.3 is 19.8 Å². The third-order valence-corrected chi connectivity index (χ3v) is 11.1. The summed E-state index contributed by atoms with van der Waals surface area (Å²) in [6.07, 6.45) is 49.1. The Morgan fingerprint density at radius 1 is 0.552 bits per heavy atom. The smallest absolute Gasteiger partial charge is 0.472 e. The summed E-state index contributed by atoms with van der Waals surface area (Å²) < 4.78 is 33.4. The van der Waals surface area contributed by atoms with Gasteiger partial charge in [-0.05, 0) is 70.6 Å². The summed E-state index contributed by atoms with van der Waals surface area (Å²) in [6.45, 7) is 3.86. The van der Waals surface area contributed by atoms with Gasteiger partial charge in [-0.25, -0.2) is 4.57 Å². The molecule has 0 aromatic heterocycles. The van der Waals surface area contributed by atoms with E-state index in [0.29, 0.717) is 13.0 Å². The molecule has 11 heteroatoms. The zero-order chi connectivity index (χ0) is 42.6. The minimum Gasteiger partial charge on any atom is -0.480 e. The molecule has 340 valence electrons. The van der Waals surface area contributed by atoms with Gasteiger partial charge in [0.2, 0.25) is 0 Å². The molecule has 0 heterocycles. The molecular weight excluding hydrogens is 753 g/mol. The Balaban J connectivity index is 4.16. The van der Waals surface area contributed by atoms with Crippen LogP contribution in [0.2, 0.25) is 0 Å². The lowest BCUT2D eigenvalue weighted by Gasteiger charge is -2.20. The number of phosphoric ester groups is 1. The van der Waals surface area contributed by atoms with E-state index in [4.69, 9.17) is 29.4 Å². The van der Waals surface area contributed by atoms with Gasteiger partial charge in [0.1, 0.15) is 12.1 Å². The Morgan fingerprint density at radius 3 is 1.41 bits per heavy atom. The first-order chi connectivity index (χ1) is 28.2. The zero-order valence-corrected chi connectivity index (χ0v) is 38.0. The predicted octanol–water partition coefficient (Wildman–Crippen LogP) is 13.3. The summed E-state index contributed by atoms with van der Waals surface area (Å²) in [5.74, 6) is -1.79. The minimum atomic E-state index is -4.62. The number of aliphatic carboxylic acids is 1. The monoisotopic (exact) mass is 842 g/mol. The van der Waals surface area contributed by atoms with E-state index in [9.17, 15) is 19.0 Å². The molecule has 3 atom stereocenters. The van der Waals surface area contributed by atoms with Crippen LogP contribution in [0, 0.1) is 0 Å². The Kier molecular flexibility index (Phi) is 41.9. The summed E-state index contributed by atoms with van der Waals surface area (Å²) in [7, 11) is -4.62. The van der Waals surface area contributed by atoms with Crippen molar-refractivity contribution in [2.24, 2.45) is 5.73 Å². The van der Waals surface area contributed by atoms with Crippen molar-refractivity contribution in [1.29, 1.82) is 0 Å². The highest BCUT2D eigenvalue weighted by Crippen LogP contribution is 2.43. The van der Waals surface area contributed by atoms with Gasteiger partial charge in [-0.3, -0.25) is 18.6 Å². The second-order valence-electron chi connectivity index (χ2n) is 15.9. The number of phosphoric acid groups is 1. The molecule has 0 amide bonds. The van der Waals surface area contributed by atoms with Crippen LogP contribution in [0.1, 0.15) is 213 Å². The number of carbonyl (C=O) groups excluding carboxylic acids is 1. The largest absolute Gasteiger partial charge is 0.480 e. The van der Waals surface area contributed by atoms with Crippen LogP contribution in [0.4, 0.5) is 0 Å². The number of rotatable bonds is 45. The van der Waals surface area contributed by atoms with Crippen molar-refractivity contribution < 1.29 is 42.7 Å². The van der Waals surface area contributed by atoms with Crippen LogP contribution in [-0.4, -0.2) is 60.5 Å². The van der Waals surface area contributed by atoms with E-state index in [2.05, 4.69) is 50.3 Å². The lowest BCUT2D eigenvalue weighted by molar-refractivity contribution is -0.154. The van der Waals surface area contributed by atoms with Crippen molar-refractivity contribution in [3.05, 3.63) is 36.5 Å². The molecule has 58 heavy (non-hydrogen) atoms. The topological polar surface area (TPSA) is 155 Å². The molecule has 0 saturated heterocycles. The molecule has 4 N–H and O–H groups in total. The molecule has 0 aromatic carbocycles. The molecule has 0 spiro atoms. The van der Waals surface area contributed by atoms with E-state index >= 15 is 0 Å². The normalized spacial score (nSPS) is 14.1. The number of hydrogen-bond acceptors (Lipinski definition) is 8. The molecule has 0 aliphatic carbocycles. The first kappa shape index (κ1) is 56.2. The third-order valence-electron chi connectivity index (χ3n) is 10.1. The second-order valence-corrected chi connectivity index (χ2v) is 17.3. The van der Waals surface area contributed by atoms with Crippen LogP contribution in [0.5, 0.6) is 0 Å². The average molecular weight is 842 g/mol. The second kappa shape index (κ2) is 43.3. The highest BCUT2D eigenvalue weighted by atomic mass is 31.2. The number of ether oxygens (including phenoxy) is 2. The number of unbranched alkanes of at least 4 members (excludes halogenated alkanes) is 25. The maximum Gasteiger partial charge on any atom is 0.472 e. The quantitative estimate of drug-likeness (QED) is 0.0233. The van der Waals surface area contributed by atoms with Crippen molar-refractivity contribution in [1.82, 2.24) is 0 Å². The third kappa shape index (κ3) is 42.3.